The number of aryl methyl sites for hydroxylation is 2. The van der Waals surface area contributed by atoms with Crippen LogP contribution in [0.25, 0.3) is 22.1 Å². The molecule has 0 N–H and O–H groups in total. The van der Waals surface area contributed by atoms with Gasteiger partial charge in [-0.05, 0) is 93.6 Å². The number of allylic oxidation sites excluding steroid dienone is 2. The fourth-order valence-electron chi connectivity index (χ4n) is 13.0. The fourth-order valence-corrected chi connectivity index (χ4v) is 13.0. The summed E-state index contributed by atoms with van der Waals surface area (Å²) in [5.41, 5.74) is -17.8. The van der Waals surface area contributed by atoms with E-state index in [2.05, 4.69) is 193 Å². The molecular formula is C72H46B2F24N2. The van der Waals surface area contributed by atoms with Crippen LogP contribution in [-0.4, -0.2) is 12.6 Å². The summed E-state index contributed by atoms with van der Waals surface area (Å²) in [5, 5.41) is 0. The number of rotatable bonds is 10. The molecule has 1 aliphatic heterocycles. The monoisotopic (exact) mass is 1420 g/mol. The predicted molar refractivity (Wildman–Crippen MR) is 329 cm³/mol. The van der Waals surface area contributed by atoms with E-state index in [1.54, 1.807) is 0 Å². The molecule has 518 valence electrons. The van der Waals surface area contributed by atoms with Crippen molar-refractivity contribution in [1.29, 1.82) is 0 Å². The number of benzene rings is 8. The SMILES string of the molecule is Cc1cc[n+]([B-]2([n+]3ccc(C)cc3)C(c3ccccc3)=C(c3ccccc3)C(c3ccccc3)=C2c2ccccc2)cc1.FC(F)(F)c1cc([B-](c2cc(C(F)(F)F)cc(C(F)(F)F)c2)(c2cc(C(F)(F)F)cc(C(F)(F)F)c2)c2cc(C(F)(F)F)cc(C(F)(F)F)c2)cc(C(F)(F)F)c1. The second-order valence-electron chi connectivity index (χ2n) is 23.7. The molecule has 0 amide bonds. The van der Waals surface area contributed by atoms with E-state index in [0.29, 0.717) is 0 Å². The van der Waals surface area contributed by atoms with E-state index in [0.717, 1.165) is 0 Å². The molecule has 0 bridgehead atoms. The molecule has 0 saturated heterocycles. The highest BCUT2D eigenvalue weighted by Crippen LogP contribution is 2.54. The van der Waals surface area contributed by atoms with Crippen LogP contribution < -0.4 is 30.8 Å². The standard InChI is InChI=1S/C40H34BN2.C32H12BF24/c1-31-23-27-42(28-24-31)41(43-29-25-32(2)26-30-43)39(35-19-11-5-12-20-35)37(33-15-7-3-8-16-33)38(34-17-9-4-10-18-34)40(41)36-21-13-6-14-22-36;34-25(35,36)13-1-14(26(37,38)39)6-21(5-13)33(22-7-15(27(40,41)42)2-16(8-22)28(43,44)45,23-9-17(29(46,47)48)3-18(10-23)30(49,50)51)24-11-19(31(52,53)54)4-20(12-24)32(55,56)57/h3-30H,1-2H3;1-12H/q+1;-1. The number of alkyl halides is 24. The molecule has 0 radical (unpaired) electrons. The van der Waals surface area contributed by atoms with Crippen molar-refractivity contribution in [3.8, 4) is 0 Å². The summed E-state index contributed by atoms with van der Waals surface area (Å²) >= 11 is 0. The largest absolute Gasteiger partial charge is 0.604 e. The third-order valence-corrected chi connectivity index (χ3v) is 17.2. The zero-order valence-corrected chi connectivity index (χ0v) is 51.2. The Hall–Kier alpha value is -10.0. The summed E-state index contributed by atoms with van der Waals surface area (Å²) in [5.74, 6) is 0. The van der Waals surface area contributed by atoms with Crippen molar-refractivity contribution < 1.29 is 114 Å². The van der Waals surface area contributed by atoms with E-state index in [9.17, 15) is 105 Å². The van der Waals surface area contributed by atoms with Gasteiger partial charge in [-0.2, -0.15) is 127 Å². The summed E-state index contributed by atoms with van der Waals surface area (Å²) in [7, 11) is 0. The van der Waals surface area contributed by atoms with E-state index < -0.39 is 201 Å². The highest BCUT2D eigenvalue weighted by Gasteiger charge is 2.63. The van der Waals surface area contributed by atoms with Crippen LogP contribution in [0, 0.1) is 13.8 Å². The number of hydrogen-bond acceptors (Lipinski definition) is 0. The summed E-state index contributed by atoms with van der Waals surface area (Å²) in [6.45, 7) is 4.31. The van der Waals surface area contributed by atoms with Crippen LogP contribution in [0.2, 0.25) is 0 Å². The first-order valence-electron chi connectivity index (χ1n) is 29.6. The highest BCUT2D eigenvalue weighted by atomic mass is 19.4. The van der Waals surface area contributed by atoms with Crippen LogP contribution in [0.1, 0.15) is 77.9 Å². The Labute approximate surface area is 553 Å². The van der Waals surface area contributed by atoms with Crippen molar-refractivity contribution in [3.05, 3.63) is 321 Å². The lowest BCUT2D eigenvalue weighted by Crippen LogP contribution is -2.82. The molecule has 10 aromatic rings. The molecule has 0 aliphatic carbocycles. The lowest BCUT2D eigenvalue weighted by Gasteiger charge is -2.46. The zero-order chi connectivity index (χ0) is 73.1. The van der Waals surface area contributed by atoms with Gasteiger partial charge in [0.2, 0.25) is 0 Å². The lowest BCUT2D eigenvalue weighted by atomic mass is 9.12. The summed E-state index contributed by atoms with van der Waals surface area (Å²) in [4.78, 5) is 0. The molecule has 0 spiro atoms. The van der Waals surface area contributed by atoms with Crippen LogP contribution in [0.3, 0.4) is 0 Å². The Morgan fingerprint density at radius 2 is 0.420 bits per heavy atom. The minimum atomic E-state index is -6.13. The number of hydrogen-bond donors (Lipinski definition) is 0. The normalized spacial score (nSPS) is 14.3. The van der Waals surface area contributed by atoms with Gasteiger partial charge < -0.3 is 8.96 Å². The molecular weight excluding hydrogens is 1370 g/mol. The Kier molecular flexibility index (Phi) is 19.1. The van der Waals surface area contributed by atoms with Crippen molar-refractivity contribution in [2.24, 2.45) is 0 Å². The molecule has 28 heteroatoms. The molecule has 3 heterocycles. The fraction of sp³-hybridized carbons (Fsp3) is 0.139. The van der Waals surface area contributed by atoms with Gasteiger partial charge >= 0.3 is 55.8 Å². The summed E-state index contributed by atoms with van der Waals surface area (Å²) in [6.07, 6.45) is -47.5. The average Bonchev–Trinajstić information content (AvgIpc) is 1.46. The van der Waals surface area contributed by atoms with Gasteiger partial charge in [0.05, 0.1) is 44.5 Å². The van der Waals surface area contributed by atoms with Crippen molar-refractivity contribution in [1.82, 2.24) is 0 Å². The van der Waals surface area contributed by atoms with Crippen molar-refractivity contribution in [2.45, 2.75) is 63.3 Å². The van der Waals surface area contributed by atoms with Gasteiger partial charge in [-0.3, -0.25) is 0 Å². The maximum atomic E-state index is 14.2. The number of pyridine rings is 2. The highest BCUT2D eigenvalue weighted by molar-refractivity contribution is 7.20. The molecule has 1 aliphatic rings. The molecule has 8 aromatic carbocycles. The topological polar surface area (TPSA) is 7.76 Å². The van der Waals surface area contributed by atoms with Crippen LogP contribution in [0.4, 0.5) is 105 Å². The summed E-state index contributed by atoms with van der Waals surface area (Å²) in [6, 6.07) is 43.9. The van der Waals surface area contributed by atoms with Gasteiger partial charge in [0.25, 0.3) is 0 Å². The van der Waals surface area contributed by atoms with Crippen LogP contribution in [-0.2, 0) is 49.4 Å². The van der Waals surface area contributed by atoms with Crippen LogP contribution in [0.5, 0.6) is 0 Å². The van der Waals surface area contributed by atoms with Crippen LogP contribution in [0.15, 0.2) is 243 Å². The quantitative estimate of drug-likeness (QED) is 0.0952. The first-order chi connectivity index (χ1) is 46.4. The number of aromatic nitrogens is 2. The van der Waals surface area contributed by atoms with Gasteiger partial charge in [0, 0.05) is 24.3 Å². The van der Waals surface area contributed by atoms with Crippen molar-refractivity contribution in [3.63, 3.8) is 0 Å². The third kappa shape index (κ3) is 14.5. The molecule has 100 heavy (non-hydrogen) atoms. The molecule has 0 atom stereocenters. The minimum Gasteiger partial charge on any atom is -0.352 e. The van der Waals surface area contributed by atoms with E-state index >= 15 is 0 Å². The molecule has 2 nitrogen and oxygen atoms in total. The van der Waals surface area contributed by atoms with E-state index in [-0.39, 0.29) is 0 Å². The Morgan fingerprint density at radius 1 is 0.240 bits per heavy atom. The lowest BCUT2D eigenvalue weighted by molar-refractivity contribution is -0.679. The zero-order valence-electron chi connectivity index (χ0n) is 51.2. The molecule has 0 unspecified atom stereocenters. The minimum absolute atomic E-state index is 0.691. The first kappa shape index (κ1) is 72.7. The van der Waals surface area contributed by atoms with Gasteiger partial charge in [-0.25, -0.2) is 0 Å². The average molecular weight is 1420 g/mol. The predicted octanol–water partition coefficient (Wildman–Crippen LogP) is 19.2. The second-order valence-corrected chi connectivity index (χ2v) is 23.7. The maximum absolute atomic E-state index is 14.2. The third-order valence-electron chi connectivity index (χ3n) is 17.2. The van der Waals surface area contributed by atoms with E-state index in [1.165, 1.54) is 55.5 Å². The first-order valence-corrected chi connectivity index (χ1v) is 29.6. The van der Waals surface area contributed by atoms with Gasteiger partial charge in [-0.1, -0.05) is 170 Å². The van der Waals surface area contributed by atoms with Gasteiger partial charge in [0.1, 0.15) is 30.9 Å². The van der Waals surface area contributed by atoms with Gasteiger partial charge in [-0.15, -0.1) is 0 Å². The van der Waals surface area contributed by atoms with Gasteiger partial charge in [0.15, 0.2) is 0 Å². The van der Waals surface area contributed by atoms with Crippen molar-refractivity contribution >= 4 is 56.5 Å². The molecule has 0 fully saturated rings. The Bertz CT molecular complexity index is 4100. The smallest absolute Gasteiger partial charge is 0.352 e. The second kappa shape index (κ2) is 26.3. The molecule has 0 saturated carbocycles. The number of nitrogens with zero attached hydrogens (tertiary/aromatic N) is 2. The van der Waals surface area contributed by atoms with E-state index in [4.69, 9.17) is 0 Å². The van der Waals surface area contributed by atoms with Crippen LogP contribution >= 0.6 is 0 Å². The molecule has 2 aromatic heterocycles. The maximum Gasteiger partial charge on any atom is 0.604 e. The summed E-state index contributed by atoms with van der Waals surface area (Å²) < 4.78 is 346. The number of halogens is 24. The van der Waals surface area contributed by atoms with E-state index in [1.807, 2.05) is 0 Å². The Balaban J connectivity index is 0.000000223. The molecule has 11 rings (SSSR count). The Morgan fingerprint density at radius 3 is 0.600 bits per heavy atom. The van der Waals surface area contributed by atoms with Crippen molar-refractivity contribution in [2.75, 3.05) is 0 Å².